The van der Waals surface area contributed by atoms with Crippen molar-refractivity contribution in [2.75, 3.05) is 33.3 Å². The lowest BCUT2D eigenvalue weighted by Crippen LogP contribution is -2.50. The fourth-order valence-corrected chi connectivity index (χ4v) is 3.70. The first-order valence-electron chi connectivity index (χ1n) is 8.40. The molecule has 3 nitrogen and oxygen atoms in total. The molecule has 2 aliphatic rings. The normalized spacial score (nSPS) is 22.2. The molecular formula is C18H28N2O. The van der Waals surface area contributed by atoms with Gasteiger partial charge in [0.25, 0.3) is 0 Å². The van der Waals surface area contributed by atoms with E-state index in [0.717, 1.165) is 24.3 Å². The number of para-hydroxylation sites is 1. The van der Waals surface area contributed by atoms with Crippen LogP contribution in [0, 0.1) is 5.92 Å². The number of piperazine rings is 1. The third kappa shape index (κ3) is 3.58. The lowest BCUT2D eigenvalue weighted by molar-refractivity contribution is 0.0805. The van der Waals surface area contributed by atoms with Gasteiger partial charge in [-0.25, -0.2) is 0 Å². The molecule has 1 atom stereocenters. The number of benzene rings is 1. The highest BCUT2D eigenvalue weighted by Crippen LogP contribution is 2.37. The Hall–Kier alpha value is -1.06. The van der Waals surface area contributed by atoms with Gasteiger partial charge in [-0.15, -0.1) is 0 Å². The molecule has 0 aromatic heterocycles. The Morgan fingerprint density at radius 2 is 1.86 bits per heavy atom. The molecule has 3 rings (SSSR count). The highest BCUT2D eigenvalue weighted by atomic mass is 16.5. The van der Waals surface area contributed by atoms with E-state index in [9.17, 15) is 0 Å². The van der Waals surface area contributed by atoms with Gasteiger partial charge in [0.2, 0.25) is 0 Å². The Balaban J connectivity index is 1.53. The Morgan fingerprint density at radius 1 is 1.14 bits per heavy atom. The van der Waals surface area contributed by atoms with Crippen LogP contribution in [0.4, 0.5) is 0 Å². The van der Waals surface area contributed by atoms with Crippen LogP contribution in [-0.4, -0.2) is 49.1 Å². The summed E-state index contributed by atoms with van der Waals surface area (Å²) in [5.74, 6) is 2.01. The zero-order chi connectivity index (χ0) is 14.7. The van der Waals surface area contributed by atoms with E-state index in [4.69, 9.17) is 4.74 Å². The minimum Gasteiger partial charge on any atom is -0.496 e. The van der Waals surface area contributed by atoms with Gasteiger partial charge in [0.05, 0.1) is 7.11 Å². The topological polar surface area (TPSA) is 15.7 Å². The second kappa shape index (κ2) is 6.80. The summed E-state index contributed by atoms with van der Waals surface area (Å²) in [6.45, 7) is 8.18. The Morgan fingerprint density at radius 3 is 2.48 bits per heavy atom. The average molecular weight is 288 g/mol. The minimum atomic E-state index is 0.846. The third-order valence-electron chi connectivity index (χ3n) is 5.05. The van der Waals surface area contributed by atoms with Crippen LogP contribution in [0.5, 0.6) is 5.75 Å². The maximum absolute atomic E-state index is 5.47. The summed E-state index contributed by atoms with van der Waals surface area (Å²) in [7, 11) is 1.76. The molecule has 2 fully saturated rings. The van der Waals surface area contributed by atoms with E-state index in [2.05, 4.69) is 34.9 Å². The summed E-state index contributed by atoms with van der Waals surface area (Å²) < 4.78 is 5.47. The molecule has 1 aromatic carbocycles. The van der Waals surface area contributed by atoms with Crippen LogP contribution in [0.2, 0.25) is 0 Å². The van der Waals surface area contributed by atoms with Gasteiger partial charge in [-0.3, -0.25) is 9.80 Å². The molecule has 116 valence electrons. The fourth-order valence-electron chi connectivity index (χ4n) is 3.70. The van der Waals surface area contributed by atoms with E-state index < -0.39 is 0 Å². The van der Waals surface area contributed by atoms with Crippen LogP contribution >= 0.6 is 0 Å². The Bertz CT molecular complexity index is 450. The van der Waals surface area contributed by atoms with Gasteiger partial charge < -0.3 is 4.74 Å². The third-order valence-corrected chi connectivity index (χ3v) is 5.05. The molecule has 1 unspecified atom stereocenters. The highest BCUT2D eigenvalue weighted by molar-refractivity contribution is 5.33. The lowest BCUT2D eigenvalue weighted by Gasteiger charge is -2.39. The zero-order valence-electron chi connectivity index (χ0n) is 13.4. The van der Waals surface area contributed by atoms with Crippen molar-refractivity contribution in [3.05, 3.63) is 29.8 Å². The first kappa shape index (κ1) is 14.9. The van der Waals surface area contributed by atoms with Gasteiger partial charge in [-0.2, -0.15) is 0 Å². The van der Waals surface area contributed by atoms with Crippen molar-refractivity contribution in [1.82, 2.24) is 9.80 Å². The van der Waals surface area contributed by atoms with Crippen molar-refractivity contribution >= 4 is 0 Å². The second-order valence-electron chi connectivity index (χ2n) is 6.44. The quantitative estimate of drug-likeness (QED) is 0.800. The molecular weight excluding hydrogens is 260 g/mol. The molecule has 21 heavy (non-hydrogen) atoms. The number of nitrogens with zero attached hydrogens (tertiary/aromatic N) is 2. The molecule has 1 saturated heterocycles. The lowest BCUT2D eigenvalue weighted by atomic mass is 10.1. The number of hydrogen-bond donors (Lipinski definition) is 0. The van der Waals surface area contributed by atoms with Gasteiger partial charge in [0.15, 0.2) is 0 Å². The van der Waals surface area contributed by atoms with Crippen molar-refractivity contribution in [3.63, 3.8) is 0 Å². The molecule has 0 bridgehead atoms. The van der Waals surface area contributed by atoms with Crippen molar-refractivity contribution in [2.24, 2.45) is 5.92 Å². The molecule has 0 radical (unpaired) electrons. The van der Waals surface area contributed by atoms with Crippen LogP contribution in [0.3, 0.4) is 0 Å². The monoisotopic (exact) mass is 288 g/mol. The first-order valence-corrected chi connectivity index (χ1v) is 8.40. The van der Waals surface area contributed by atoms with Crippen LogP contribution in [0.1, 0.15) is 31.7 Å². The smallest absolute Gasteiger partial charge is 0.123 e. The SMILES string of the molecule is CCC(C1CC1)N1CCN(Cc2ccccc2OC)CC1. The van der Waals surface area contributed by atoms with Crippen LogP contribution < -0.4 is 4.74 Å². The van der Waals surface area contributed by atoms with Gasteiger partial charge >= 0.3 is 0 Å². The molecule has 3 heteroatoms. The van der Waals surface area contributed by atoms with Crippen LogP contribution in [0.25, 0.3) is 0 Å². The van der Waals surface area contributed by atoms with E-state index in [0.29, 0.717) is 0 Å². The van der Waals surface area contributed by atoms with Crippen molar-refractivity contribution in [2.45, 2.75) is 38.8 Å². The number of ether oxygens (including phenoxy) is 1. The molecule has 0 N–H and O–H groups in total. The molecule has 1 aromatic rings. The molecule has 1 heterocycles. The second-order valence-corrected chi connectivity index (χ2v) is 6.44. The van der Waals surface area contributed by atoms with E-state index >= 15 is 0 Å². The maximum atomic E-state index is 5.47. The zero-order valence-corrected chi connectivity index (χ0v) is 13.4. The van der Waals surface area contributed by atoms with Gasteiger partial charge in [-0.1, -0.05) is 25.1 Å². The molecule has 0 amide bonds. The van der Waals surface area contributed by atoms with Crippen LogP contribution in [0.15, 0.2) is 24.3 Å². The number of rotatable bonds is 6. The largest absolute Gasteiger partial charge is 0.496 e. The van der Waals surface area contributed by atoms with Gasteiger partial charge in [-0.05, 0) is 31.2 Å². The molecule has 1 aliphatic carbocycles. The Labute approximate surface area is 128 Å². The van der Waals surface area contributed by atoms with Crippen LogP contribution in [-0.2, 0) is 6.54 Å². The average Bonchev–Trinajstić information content (AvgIpc) is 3.35. The van der Waals surface area contributed by atoms with Crippen molar-refractivity contribution < 1.29 is 4.74 Å². The standard InChI is InChI=1S/C18H28N2O/c1-3-17(15-8-9-15)20-12-10-19(11-13-20)14-16-6-4-5-7-18(16)21-2/h4-7,15,17H,3,8-14H2,1-2H3. The fraction of sp³-hybridized carbons (Fsp3) is 0.667. The van der Waals surface area contributed by atoms with E-state index in [1.807, 2.05) is 6.07 Å². The predicted molar refractivity (Wildman–Crippen MR) is 86.6 cm³/mol. The van der Waals surface area contributed by atoms with Crippen molar-refractivity contribution in [3.8, 4) is 5.75 Å². The maximum Gasteiger partial charge on any atom is 0.123 e. The van der Waals surface area contributed by atoms with Crippen molar-refractivity contribution in [1.29, 1.82) is 0 Å². The summed E-state index contributed by atoms with van der Waals surface area (Å²) in [4.78, 5) is 5.30. The summed E-state index contributed by atoms with van der Waals surface area (Å²) in [5, 5.41) is 0. The molecule has 0 spiro atoms. The number of hydrogen-bond acceptors (Lipinski definition) is 3. The number of methoxy groups -OCH3 is 1. The van der Waals surface area contributed by atoms with E-state index in [1.165, 1.54) is 51.0 Å². The molecule has 1 aliphatic heterocycles. The highest BCUT2D eigenvalue weighted by Gasteiger charge is 2.35. The first-order chi connectivity index (χ1) is 10.3. The van der Waals surface area contributed by atoms with Gasteiger partial charge in [0, 0.05) is 44.3 Å². The van der Waals surface area contributed by atoms with E-state index in [-0.39, 0.29) is 0 Å². The predicted octanol–water partition coefficient (Wildman–Crippen LogP) is 3.00. The Kier molecular flexibility index (Phi) is 4.81. The summed E-state index contributed by atoms with van der Waals surface area (Å²) in [6.07, 6.45) is 4.23. The van der Waals surface area contributed by atoms with E-state index in [1.54, 1.807) is 7.11 Å². The minimum absolute atomic E-state index is 0.846. The summed E-state index contributed by atoms with van der Waals surface area (Å²) in [6, 6.07) is 9.24. The van der Waals surface area contributed by atoms with Gasteiger partial charge in [0.1, 0.15) is 5.75 Å². The summed E-state index contributed by atoms with van der Waals surface area (Å²) in [5.41, 5.74) is 1.31. The summed E-state index contributed by atoms with van der Waals surface area (Å²) >= 11 is 0. The molecule has 1 saturated carbocycles.